The van der Waals surface area contributed by atoms with Gasteiger partial charge in [0, 0.05) is 26.1 Å². The van der Waals surface area contributed by atoms with E-state index in [4.69, 9.17) is 16.3 Å². The predicted molar refractivity (Wildman–Crippen MR) is 103 cm³/mol. The molecule has 1 saturated heterocycles. The van der Waals surface area contributed by atoms with Crippen molar-refractivity contribution in [1.82, 2.24) is 15.5 Å². The number of nitrogens with one attached hydrogen (secondary N) is 2. The van der Waals surface area contributed by atoms with E-state index < -0.39 is 0 Å². The van der Waals surface area contributed by atoms with Crippen molar-refractivity contribution in [3.8, 4) is 5.75 Å². The zero-order chi connectivity index (χ0) is 18.9. The van der Waals surface area contributed by atoms with Gasteiger partial charge >= 0.3 is 6.03 Å². The first kappa shape index (κ1) is 20.4. The first-order valence-electron chi connectivity index (χ1n) is 9.16. The molecule has 1 aromatic carbocycles. The van der Waals surface area contributed by atoms with E-state index >= 15 is 0 Å². The molecule has 0 spiro atoms. The lowest BCUT2D eigenvalue weighted by atomic mass is 10.00. The molecule has 0 aromatic heterocycles. The van der Waals surface area contributed by atoms with E-state index in [0.717, 1.165) is 37.8 Å². The van der Waals surface area contributed by atoms with Gasteiger partial charge in [0.1, 0.15) is 12.4 Å². The van der Waals surface area contributed by atoms with Crippen molar-refractivity contribution >= 4 is 23.5 Å². The molecule has 1 unspecified atom stereocenters. The van der Waals surface area contributed by atoms with Gasteiger partial charge in [-0.3, -0.25) is 4.79 Å². The molecule has 0 aliphatic carbocycles. The number of benzene rings is 1. The van der Waals surface area contributed by atoms with Crippen LogP contribution in [0.5, 0.6) is 5.75 Å². The normalized spacial score (nSPS) is 16.9. The molecule has 1 heterocycles. The third-order valence-electron chi connectivity index (χ3n) is 4.53. The average molecular weight is 382 g/mol. The number of piperidine rings is 1. The number of halogens is 1. The van der Waals surface area contributed by atoms with Gasteiger partial charge in [0.25, 0.3) is 0 Å². The molecule has 6 nitrogen and oxygen atoms in total. The highest BCUT2D eigenvalue weighted by molar-refractivity contribution is 6.32. The monoisotopic (exact) mass is 381 g/mol. The number of hydrogen-bond donors (Lipinski definition) is 2. The third kappa shape index (κ3) is 6.09. The fourth-order valence-corrected chi connectivity index (χ4v) is 3.47. The van der Waals surface area contributed by atoms with Crippen LogP contribution in [0.15, 0.2) is 18.2 Å². The van der Waals surface area contributed by atoms with Gasteiger partial charge < -0.3 is 20.3 Å². The Labute approximate surface area is 160 Å². The molecule has 1 fully saturated rings. The highest BCUT2D eigenvalue weighted by Gasteiger charge is 2.26. The van der Waals surface area contributed by atoms with Crippen molar-refractivity contribution in [2.75, 3.05) is 26.2 Å². The Kier molecular flexibility index (Phi) is 8.04. The van der Waals surface area contributed by atoms with E-state index in [1.165, 1.54) is 6.92 Å². The van der Waals surface area contributed by atoms with Gasteiger partial charge in [0.2, 0.25) is 5.91 Å². The maximum atomic E-state index is 12.5. The summed E-state index contributed by atoms with van der Waals surface area (Å²) in [4.78, 5) is 25.4. The van der Waals surface area contributed by atoms with Crippen molar-refractivity contribution in [2.45, 2.75) is 45.6 Å². The topological polar surface area (TPSA) is 70.7 Å². The molecule has 3 amide bonds. The molecular weight excluding hydrogens is 354 g/mol. The van der Waals surface area contributed by atoms with Crippen LogP contribution in [0.25, 0.3) is 0 Å². The summed E-state index contributed by atoms with van der Waals surface area (Å²) in [5.74, 6) is 0.624. The number of likely N-dealkylation sites (tertiary alicyclic amines) is 1. The molecular formula is C19H28ClN3O3. The Morgan fingerprint density at radius 3 is 2.81 bits per heavy atom. The number of urea groups is 1. The zero-order valence-electron chi connectivity index (χ0n) is 15.5. The van der Waals surface area contributed by atoms with Crippen molar-refractivity contribution < 1.29 is 14.3 Å². The summed E-state index contributed by atoms with van der Waals surface area (Å²) < 4.78 is 5.71. The van der Waals surface area contributed by atoms with Crippen LogP contribution in [0, 0.1) is 6.92 Å². The van der Waals surface area contributed by atoms with Gasteiger partial charge in [-0.25, -0.2) is 4.79 Å². The van der Waals surface area contributed by atoms with Crippen LogP contribution >= 0.6 is 11.6 Å². The summed E-state index contributed by atoms with van der Waals surface area (Å²) >= 11 is 6.13. The summed E-state index contributed by atoms with van der Waals surface area (Å²) in [6, 6.07) is 5.70. The minimum atomic E-state index is -0.0722. The highest BCUT2D eigenvalue weighted by atomic mass is 35.5. The van der Waals surface area contributed by atoms with Crippen LogP contribution in [-0.4, -0.2) is 49.1 Å². The van der Waals surface area contributed by atoms with Crippen molar-refractivity contribution in [2.24, 2.45) is 0 Å². The maximum absolute atomic E-state index is 12.5. The van der Waals surface area contributed by atoms with Gasteiger partial charge in [-0.1, -0.05) is 23.7 Å². The number of ether oxygens (including phenoxy) is 1. The number of para-hydroxylation sites is 1. The van der Waals surface area contributed by atoms with E-state index in [2.05, 4.69) is 10.6 Å². The van der Waals surface area contributed by atoms with Crippen LogP contribution in [0.1, 0.15) is 38.2 Å². The second-order valence-corrected chi connectivity index (χ2v) is 6.99. The van der Waals surface area contributed by atoms with Crippen LogP contribution in [0.3, 0.4) is 0 Å². The largest absolute Gasteiger partial charge is 0.490 e. The third-order valence-corrected chi connectivity index (χ3v) is 4.83. The lowest BCUT2D eigenvalue weighted by molar-refractivity contribution is -0.119. The lowest BCUT2D eigenvalue weighted by Gasteiger charge is -2.35. The number of nitrogens with zero attached hydrogens (tertiary/aromatic N) is 1. The summed E-state index contributed by atoms with van der Waals surface area (Å²) in [5.41, 5.74) is 0.970. The fraction of sp³-hybridized carbons (Fsp3) is 0.579. The zero-order valence-corrected chi connectivity index (χ0v) is 16.3. The maximum Gasteiger partial charge on any atom is 0.317 e. The van der Waals surface area contributed by atoms with E-state index in [9.17, 15) is 9.59 Å². The second kappa shape index (κ2) is 10.3. The SMILES string of the molecule is CC(=O)NCCC1CCCCN1C(=O)NCCOc1c(C)cccc1Cl. The molecule has 7 heteroatoms. The number of rotatable bonds is 7. The van der Waals surface area contributed by atoms with E-state index in [0.29, 0.717) is 30.5 Å². The van der Waals surface area contributed by atoms with Crippen LogP contribution in [0.4, 0.5) is 4.79 Å². The van der Waals surface area contributed by atoms with Crippen molar-refractivity contribution in [3.05, 3.63) is 28.8 Å². The van der Waals surface area contributed by atoms with Gasteiger partial charge in [-0.15, -0.1) is 0 Å². The first-order valence-corrected chi connectivity index (χ1v) is 9.53. The Hall–Kier alpha value is -1.95. The van der Waals surface area contributed by atoms with E-state index in [1.54, 1.807) is 6.07 Å². The standard InChI is InChI=1S/C19H28ClN3O3/c1-14-6-5-8-17(20)18(14)26-13-11-22-19(25)23-12-4-3-7-16(23)9-10-21-15(2)24/h5-6,8,16H,3-4,7,9-13H2,1-2H3,(H,21,24)(H,22,25). The minimum Gasteiger partial charge on any atom is -0.490 e. The fourth-order valence-electron chi connectivity index (χ4n) is 3.19. The summed E-state index contributed by atoms with van der Waals surface area (Å²) in [6.45, 7) is 5.57. The number of carbonyl (C=O) groups excluding carboxylic acids is 2. The predicted octanol–water partition coefficient (Wildman–Crippen LogP) is 3.12. The second-order valence-electron chi connectivity index (χ2n) is 6.58. The number of amides is 3. The minimum absolute atomic E-state index is 0.0381. The summed E-state index contributed by atoms with van der Waals surface area (Å²) in [6.07, 6.45) is 3.88. The van der Waals surface area contributed by atoms with Crippen LogP contribution in [0.2, 0.25) is 5.02 Å². The first-order chi connectivity index (χ1) is 12.5. The Bertz CT molecular complexity index is 604. The molecule has 1 aliphatic heterocycles. The summed E-state index contributed by atoms with van der Waals surface area (Å²) in [7, 11) is 0. The molecule has 1 aromatic rings. The lowest BCUT2D eigenvalue weighted by Crippen LogP contribution is -2.50. The Balaban J connectivity index is 1.77. The Morgan fingerprint density at radius 2 is 2.08 bits per heavy atom. The van der Waals surface area contributed by atoms with Gasteiger partial charge in [0.05, 0.1) is 11.6 Å². The average Bonchev–Trinajstić information content (AvgIpc) is 2.60. The van der Waals surface area contributed by atoms with Gasteiger partial charge in [-0.05, 0) is 44.2 Å². The molecule has 144 valence electrons. The molecule has 0 radical (unpaired) electrons. The highest BCUT2D eigenvalue weighted by Crippen LogP contribution is 2.27. The van der Waals surface area contributed by atoms with Crippen LogP contribution < -0.4 is 15.4 Å². The Morgan fingerprint density at radius 1 is 1.27 bits per heavy atom. The molecule has 1 aliphatic rings. The number of carbonyl (C=O) groups is 2. The summed E-state index contributed by atoms with van der Waals surface area (Å²) in [5, 5.41) is 6.30. The number of hydrogen-bond acceptors (Lipinski definition) is 3. The van der Waals surface area contributed by atoms with Gasteiger partial charge in [-0.2, -0.15) is 0 Å². The van der Waals surface area contributed by atoms with Crippen molar-refractivity contribution in [1.29, 1.82) is 0 Å². The van der Waals surface area contributed by atoms with Gasteiger partial charge in [0.15, 0.2) is 0 Å². The van der Waals surface area contributed by atoms with E-state index in [1.807, 2.05) is 24.0 Å². The molecule has 0 saturated carbocycles. The molecule has 26 heavy (non-hydrogen) atoms. The van der Waals surface area contributed by atoms with E-state index in [-0.39, 0.29) is 18.0 Å². The quantitative estimate of drug-likeness (QED) is 0.713. The van der Waals surface area contributed by atoms with Crippen molar-refractivity contribution in [3.63, 3.8) is 0 Å². The number of aryl methyl sites for hydroxylation is 1. The molecule has 2 rings (SSSR count). The van der Waals surface area contributed by atoms with Crippen LogP contribution in [-0.2, 0) is 4.79 Å². The molecule has 1 atom stereocenters. The smallest absolute Gasteiger partial charge is 0.317 e. The molecule has 2 N–H and O–H groups in total. The molecule has 0 bridgehead atoms.